The van der Waals surface area contributed by atoms with Crippen LogP contribution in [0.5, 0.6) is 0 Å². The number of hydrogen-bond acceptors (Lipinski definition) is 6. The minimum absolute atomic E-state index is 0.321. The molecular formula is C17H20N4O3S. The fourth-order valence-electron chi connectivity index (χ4n) is 3.55. The first-order chi connectivity index (χ1) is 11.9. The van der Waals surface area contributed by atoms with Gasteiger partial charge in [-0.05, 0) is 31.0 Å². The lowest BCUT2D eigenvalue weighted by molar-refractivity contribution is 0.188. The first kappa shape index (κ1) is 16.3. The van der Waals surface area contributed by atoms with E-state index in [0.717, 1.165) is 53.4 Å². The molecule has 1 fully saturated rings. The molecule has 25 heavy (non-hydrogen) atoms. The number of anilines is 1. The van der Waals surface area contributed by atoms with Crippen LogP contribution in [0.3, 0.4) is 0 Å². The molecule has 132 valence electrons. The fourth-order valence-corrected chi connectivity index (χ4v) is 4.21. The molecule has 4 rings (SSSR count). The van der Waals surface area contributed by atoms with Crippen molar-refractivity contribution in [1.82, 2.24) is 14.5 Å². The Morgan fingerprint density at radius 3 is 2.88 bits per heavy atom. The van der Waals surface area contributed by atoms with E-state index in [0.29, 0.717) is 6.54 Å². The average molecular weight is 360 g/mol. The lowest BCUT2D eigenvalue weighted by atomic mass is 10.1. The van der Waals surface area contributed by atoms with Crippen molar-refractivity contribution in [2.45, 2.75) is 18.9 Å². The van der Waals surface area contributed by atoms with E-state index < -0.39 is 10.1 Å². The standard InChI is InChI=1S/C17H20N4O3S/c1-20-15-7-8-18-10-14(15)13-5-6-16(19-17(13)20)21-9-3-4-12(11-21)24-25(2,22)23/h5-8,10,12H,3-4,9,11H2,1-2H3. The molecule has 7 nitrogen and oxygen atoms in total. The van der Waals surface area contributed by atoms with Crippen molar-refractivity contribution in [2.75, 3.05) is 24.2 Å². The number of nitrogens with zero attached hydrogens (tertiary/aromatic N) is 4. The van der Waals surface area contributed by atoms with E-state index in [-0.39, 0.29) is 6.10 Å². The second-order valence-electron chi connectivity index (χ2n) is 6.50. The van der Waals surface area contributed by atoms with Crippen molar-refractivity contribution in [3.63, 3.8) is 0 Å². The molecule has 3 aromatic rings. The minimum Gasteiger partial charge on any atom is -0.354 e. The molecule has 3 aromatic heterocycles. The number of aryl methyl sites for hydroxylation is 1. The minimum atomic E-state index is -3.45. The summed E-state index contributed by atoms with van der Waals surface area (Å²) in [7, 11) is -1.45. The Balaban J connectivity index is 1.69. The van der Waals surface area contributed by atoms with Crippen molar-refractivity contribution >= 4 is 37.9 Å². The molecule has 0 N–H and O–H groups in total. The molecule has 1 aliphatic heterocycles. The van der Waals surface area contributed by atoms with Crippen LogP contribution in [0.25, 0.3) is 21.9 Å². The third-order valence-electron chi connectivity index (χ3n) is 4.64. The summed E-state index contributed by atoms with van der Waals surface area (Å²) in [5.41, 5.74) is 1.98. The van der Waals surface area contributed by atoms with Gasteiger partial charge in [0.1, 0.15) is 11.5 Å². The smallest absolute Gasteiger partial charge is 0.264 e. The lowest BCUT2D eigenvalue weighted by Gasteiger charge is -2.32. The monoisotopic (exact) mass is 360 g/mol. The Bertz CT molecular complexity index is 1040. The van der Waals surface area contributed by atoms with Crippen LogP contribution in [-0.2, 0) is 21.3 Å². The zero-order valence-electron chi connectivity index (χ0n) is 14.2. The molecule has 0 saturated carbocycles. The SMILES string of the molecule is Cn1c2ccncc2c2ccc(N3CCCC(OS(C)(=O)=O)C3)nc21. The summed E-state index contributed by atoms with van der Waals surface area (Å²) in [6.45, 7) is 1.37. The van der Waals surface area contributed by atoms with Crippen LogP contribution >= 0.6 is 0 Å². The number of fused-ring (bicyclic) bond motifs is 3. The molecule has 0 aliphatic carbocycles. The summed E-state index contributed by atoms with van der Waals surface area (Å²) in [5, 5.41) is 2.14. The largest absolute Gasteiger partial charge is 0.354 e. The number of hydrogen-bond donors (Lipinski definition) is 0. The summed E-state index contributed by atoms with van der Waals surface area (Å²) in [5.74, 6) is 0.841. The third-order valence-corrected chi connectivity index (χ3v) is 5.26. The van der Waals surface area contributed by atoms with Crippen LogP contribution in [0.4, 0.5) is 5.82 Å². The predicted octanol–water partition coefficient (Wildman–Crippen LogP) is 2.07. The van der Waals surface area contributed by atoms with Crippen molar-refractivity contribution in [3.8, 4) is 0 Å². The topological polar surface area (TPSA) is 77.3 Å². The van der Waals surface area contributed by atoms with Crippen LogP contribution < -0.4 is 4.90 Å². The number of pyridine rings is 2. The van der Waals surface area contributed by atoms with Crippen molar-refractivity contribution in [1.29, 1.82) is 0 Å². The van der Waals surface area contributed by atoms with Gasteiger partial charge in [-0.3, -0.25) is 9.17 Å². The van der Waals surface area contributed by atoms with Gasteiger partial charge in [0.15, 0.2) is 0 Å². The van der Waals surface area contributed by atoms with Crippen LogP contribution in [-0.4, -0.2) is 48.4 Å². The van der Waals surface area contributed by atoms with Crippen LogP contribution in [0, 0.1) is 0 Å². The second kappa shape index (κ2) is 5.96. The average Bonchev–Trinajstić information content (AvgIpc) is 2.86. The van der Waals surface area contributed by atoms with E-state index in [2.05, 4.69) is 20.5 Å². The van der Waals surface area contributed by atoms with Crippen molar-refractivity contribution < 1.29 is 12.6 Å². The van der Waals surface area contributed by atoms with Crippen LogP contribution in [0.15, 0.2) is 30.6 Å². The molecule has 0 radical (unpaired) electrons. The molecule has 0 spiro atoms. The van der Waals surface area contributed by atoms with E-state index in [4.69, 9.17) is 9.17 Å². The molecule has 4 heterocycles. The second-order valence-corrected chi connectivity index (χ2v) is 8.10. The van der Waals surface area contributed by atoms with Gasteiger partial charge in [0.2, 0.25) is 0 Å². The molecule has 0 bridgehead atoms. The highest BCUT2D eigenvalue weighted by Crippen LogP contribution is 2.29. The van der Waals surface area contributed by atoms with E-state index in [1.807, 2.05) is 25.4 Å². The fraction of sp³-hybridized carbons (Fsp3) is 0.412. The first-order valence-corrected chi connectivity index (χ1v) is 10.1. The molecular weight excluding hydrogens is 340 g/mol. The predicted molar refractivity (Wildman–Crippen MR) is 97.2 cm³/mol. The van der Waals surface area contributed by atoms with Crippen molar-refractivity contribution in [3.05, 3.63) is 30.6 Å². The van der Waals surface area contributed by atoms with Crippen molar-refractivity contribution in [2.24, 2.45) is 7.05 Å². The van der Waals surface area contributed by atoms with Gasteiger partial charge in [-0.1, -0.05) is 0 Å². The Morgan fingerprint density at radius 1 is 1.24 bits per heavy atom. The van der Waals surface area contributed by atoms with Gasteiger partial charge in [-0.25, -0.2) is 4.98 Å². The summed E-state index contributed by atoms with van der Waals surface area (Å²) in [6.07, 6.45) is 6.03. The Hall–Kier alpha value is -2.19. The molecule has 0 aromatic carbocycles. The lowest BCUT2D eigenvalue weighted by Crippen LogP contribution is -2.40. The highest BCUT2D eigenvalue weighted by atomic mass is 32.2. The molecule has 1 saturated heterocycles. The molecule has 8 heteroatoms. The summed E-state index contributed by atoms with van der Waals surface area (Å²) >= 11 is 0. The number of rotatable bonds is 3. The van der Waals surface area contributed by atoms with E-state index >= 15 is 0 Å². The van der Waals surface area contributed by atoms with E-state index in [1.165, 1.54) is 0 Å². The molecule has 1 atom stereocenters. The number of aromatic nitrogens is 3. The Kier molecular flexibility index (Phi) is 3.88. The third kappa shape index (κ3) is 3.07. The highest BCUT2D eigenvalue weighted by Gasteiger charge is 2.25. The maximum atomic E-state index is 11.4. The van der Waals surface area contributed by atoms with E-state index in [9.17, 15) is 8.42 Å². The van der Waals surface area contributed by atoms with Gasteiger partial charge < -0.3 is 9.47 Å². The van der Waals surface area contributed by atoms with Gasteiger partial charge in [0.05, 0.1) is 17.9 Å². The first-order valence-electron chi connectivity index (χ1n) is 8.25. The Labute approximate surface area is 146 Å². The molecule has 0 amide bonds. The normalized spacial score (nSPS) is 19.0. The van der Waals surface area contributed by atoms with Gasteiger partial charge in [0, 0.05) is 43.3 Å². The van der Waals surface area contributed by atoms with Gasteiger partial charge in [-0.15, -0.1) is 0 Å². The van der Waals surface area contributed by atoms with Gasteiger partial charge >= 0.3 is 0 Å². The summed E-state index contributed by atoms with van der Waals surface area (Å²) in [4.78, 5) is 11.1. The quantitative estimate of drug-likeness (QED) is 0.666. The maximum absolute atomic E-state index is 11.4. The summed E-state index contributed by atoms with van der Waals surface area (Å²) < 4.78 is 30.0. The molecule has 1 aliphatic rings. The van der Waals surface area contributed by atoms with Crippen LogP contribution in [0.1, 0.15) is 12.8 Å². The summed E-state index contributed by atoms with van der Waals surface area (Å²) in [6, 6.07) is 6.02. The van der Waals surface area contributed by atoms with Gasteiger partial charge in [-0.2, -0.15) is 8.42 Å². The highest BCUT2D eigenvalue weighted by molar-refractivity contribution is 7.86. The van der Waals surface area contributed by atoms with Gasteiger partial charge in [0.25, 0.3) is 10.1 Å². The molecule has 1 unspecified atom stereocenters. The van der Waals surface area contributed by atoms with E-state index in [1.54, 1.807) is 6.20 Å². The van der Waals surface area contributed by atoms with Crippen LogP contribution in [0.2, 0.25) is 0 Å². The zero-order valence-corrected chi connectivity index (χ0v) is 15.0. The maximum Gasteiger partial charge on any atom is 0.264 e. The Morgan fingerprint density at radius 2 is 2.08 bits per heavy atom. The zero-order chi connectivity index (χ0) is 17.6. The number of piperidine rings is 1.